The van der Waals surface area contributed by atoms with Crippen LogP contribution >= 0.6 is 34.5 Å². The smallest absolute Gasteiger partial charge is 0.335 e. The van der Waals surface area contributed by atoms with Gasteiger partial charge in [0.2, 0.25) is 0 Å². The first kappa shape index (κ1) is 30.0. The second kappa shape index (κ2) is 11.4. The Kier molecular flexibility index (Phi) is 7.79. The number of thiophene rings is 1. The standard InChI is InChI=1S/C32H18Cl2F3NO4S2/c33-20-5-8-22(9-6-20)44(41,42)38-27-11-7-21(35)16-25(27)28(24-12-13-43-30(24)31(36)37)29(38)18-3-1-2-17(14-18)23-10-4-19(32(39)40)15-26(23)34/h1-16,31H,(H,39,40). The molecule has 0 bridgehead atoms. The van der Waals surface area contributed by atoms with Crippen molar-refractivity contribution in [3.8, 4) is 33.5 Å². The molecular formula is C32H18Cl2F3NO4S2. The number of carboxylic acid groups (broad SMARTS) is 1. The minimum absolute atomic E-state index is 0.0228. The van der Waals surface area contributed by atoms with Crippen LogP contribution in [-0.2, 0) is 10.0 Å². The Morgan fingerprint density at radius 2 is 1.59 bits per heavy atom. The Bertz CT molecular complexity index is 2190. The SMILES string of the molecule is O=C(O)c1ccc(-c2cccc(-c3c(-c4ccsc4C(F)F)c4cc(F)ccc4n3S(=O)(=O)c3ccc(Cl)cc3)c2)c(Cl)c1. The van der Waals surface area contributed by atoms with Gasteiger partial charge in [-0.25, -0.2) is 30.4 Å². The van der Waals surface area contributed by atoms with Crippen molar-refractivity contribution in [2.75, 3.05) is 0 Å². The summed E-state index contributed by atoms with van der Waals surface area (Å²) in [5.74, 6) is -1.84. The van der Waals surface area contributed by atoms with Crippen molar-refractivity contribution >= 4 is 61.4 Å². The third kappa shape index (κ3) is 5.17. The van der Waals surface area contributed by atoms with Crippen LogP contribution in [0.2, 0.25) is 10.0 Å². The fourth-order valence-corrected chi connectivity index (χ4v) is 7.86. The van der Waals surface area contributed by atoms with Crippen LogP contribution in [0.3, 0.4) is 0 Å². The van der Waals surface area contributed by atoms with E-state index in [-0.39, 0.29) is 48.1 Å². The second-order valence-electron chi connectivity index (χ2n) is 9.69. The van der Waals surface area contributed by atoms with Crippen molar-refractivity contribution in [3.05, 3.63) is 123 Å². The van der Waals surface area contributed by atoms with E-state index in [1.165, 1.54) is 60.0 Å². The molecule has 1 N–H and O–H groups in total. The number of aromatic nitrogens is 1. The summed E-state index contributed by atoms with van der Waals surface area (Å²) in [6, 6.07) is 21.2. The van der Waals surface area contributed by atoms with Crippen LogP contribution in [0, 0.1) is 5.82 Å². The lowest BCUT2D eigenvalue weighted by Gasteiger charge is -2.15. The average molecular weight is 673 g/mol. The summed E-state index contributed by atoms with van der Waals surface area (Å²) < 4.78 is 73.0. The van der Waals surface area contributed by atoms with Crippen LogP contribution in [0.15, 0.2) is 101 Å². The molecule has 222 valence electrons. The molecule has 6 aromatic rings. The van der Waals surface area contributed by atoms with Gasteiger partial charge in [0.1, 0.15) is 5.82 Å². The second-order valence-corrected chi connectivity index (χ2v) is 13.3. The van der Waals surface area contributed by atoms with Gasteiger partial charge >= 0.3 is 5.97 Å². The van der Waals surface area contributed by atoms with Crippen LogP contribution in [-0.4, -0.2) is 23.5 Å². The highest BCUT2D eigenvalue weighted by molar-refractivity contribution is 7.90. The van der Waals surface area contributed by atoms with E-state index in [1.54, 1.807) is 24.3 Å². The highest BCUT2D eigenvalue weighted by Crippen LogP contribution is 2.48. The third-order valence-electron chi connectivity index (χ3n) is 7.06. The molecule has 0 saturated carbocycles. The van der Waals surface area contributed by atoms with Crippen LogP contribution < -0.4 is 0 Å². The van der Waals surface area contributed by atoms with E-state index in [4.69, 9.17) is 23.2 Å². The number of alkyl halides is 2. The normalized spacial score (nSPS) is 11.9. The number of hydrogen-bond acceptors (Lipinski definition) is 4. The molecule has 0 amide bonds. The molecule has 0 fully saturated rings. The molecule has 6 rings (SSSR count). The topological polar surface area (TPSA) is 76.4 Å². The maximum atomic E-state index is 14.8. The summed E-state index contributed by atoms with van der Waals surface area (Å²) in [5, 5.41) is 11.4. The zero-order valence-electron chi connectivity index (χ0n) is 22.1. The van der Waals surface area contributed by atoms with Gasteiger partial charge in [-0.1, -0.05) is 47.5 Å². The number of carbonyl (C=O) groups is 1. The monoisotopic (exact) mass is 671 g/mol. The molecule has 0 unspecified atom stereocenters. The van der Waals surface area contributed by atoms with E-state index in [9.17, 15) is 31.5 Å². The van der Waals surface area contributed by atoms with Gasteiger partial charge in [-0.2, -0.15) is 0 Å². The van der Waals surface area contributed by atoms with Gasteiger partial charge in [-0.15, -0.1) is 11.3 Å². The van der Waals surface area contributed by atoms with Crippen molar-refractivity contribution in [2.45, 2.75) is 11.3 Å². The van der Waals surface area contributed by atoms with Gasteiger partial charge in [0, 0.05) is 37.7 Å². The molecule has 0 radical (unpaired) electrons. The van der Waals surface area contributed by atoms with Crippen molar-refractivity contribution in [2.24, 2.45) is 0 Å². The molecule has 44 heavy (non-hydrogen) atoms. The first-order valence-electron chi connectivity index (χ1n) is 12.8. The lowest BCUT2D eigenvalue weighted by atomic mass is 9.96. The fraction of sp³-hybridized carbons (Fsp3) is 0.0312. The van der Waals surface area contributed by atoms with Gasteiger partial charge in [0.05, 0.1) is 26.5 Å². The minimum atomic E-state index is -4.42. The number of fused-ring (bicyclic) bond motifs is 1. The Morgan fingerprint density at radius 3 is 2.27 bits per heavy atom. The van der Waals surface area contributed by atoms with E-state index in [1.807, 2.05) is 0 Å². The van der Waals surface area contributed by atoms with Gasteiger partial charge < -0.3 is 5.11 Å². The number of rotatable bonds is 7. The molecule has 4 aromatic carbocycles. The summed E-state index contributed by atoms with van der Waals surface area (Å²) >= 11 is 13.3. The van der Waals surface area contributed by atoms with Gasteiger partial charge in [0.25, 0.3) is 16.4 Å². The predicted molar refractivity (Wildman–Crippen MR) is 167 cm³/mol. The first-order chi connectivity index (χ1) is 21.0. The van der Waals surface area contributed by atoms with E-state index in [0.29, 0.717) is 21.7 Å². The molecular weight excluding hydrogens is 654 g/mol. The highest BCUT2D eigenvalue weighted by Gasteiger charge is 2.31. The number of halogens is 5. The predicted octanol–water partition coefficient (Wildman–Crippen LogP) is 10.0. The summed E-state index contributed by atoms with van der Waals surface area (Å²) in [6.07, 6.45) is -2.88. The third-order valence-corrected chi connectivity index (χ3v) is 10.3. The Hall–Kier alpha value is -4.09. The number of nitrogens with zero attached hydrogens (tertiary/aromatic N) is 1. The zero-order valence-corrected chi connectivity index (χ0v) is 25.3. The van der Waals surface area contributed by atoms with E-state index in [0.717, 1.165) is 27.4 Å². The van der Waals surface area contributed by atoms with Gasteiger partial charge in [-0.05, 0) is 77.7 Å². The Morgan fingerprint density at radius 1 is 0.864 bits per heavy atom. The van der Waals surface area contributed by atoms with Crippen LogP contribution in [0.1, 0.15) is 21.7 Å². The summed E-state index contributed by atoms with van der Waals surface area (Å²) in [6.45, 7) is 0. The molecule has 0 aliphatic carbocycles. The largest absolute Gasteiger partial charge is 0.478 e. The molecule has 0 spiro atoms. The van der Waals surface area contributed by atoms with E-state index < -0.39 is 28.2 Å². The van der Waals surface area contributed by atoms with Gasteiger partial charge in [-0.3, -0.25) is 0 Å². The Labute approximate surface area is 263 Å². The molecule has 0 aliphatic heterocycles. The molecule has 0 saturated heterocycles. The fourth-order valence-electron chi connectivity index (χ4n) is 5.14. The summed E-state index contributed by atoms with van der Waals surface area (Å²) in [5.41, 5.74) is 1.52. The summed E-state index contributed by atoms with van der Waals surface area (Å²) in [7, 11) is -4.42. The van der Waals surface area contributed by atoms with Crippen LogP contribution in [0.4, 0.5) is 13.2 Å². The van der Waals surface area contributed by atoms with Crippen molar-refractivity contribution < 1.29 is 31.5 Å². The zero-order chi connectivity index (χ0) is 31.3. The maximum absolute atomic E-state index is 14.8. The quantitative estimate of drug-likeness (QED) is 0.183. The van der Waals surface area contributed by atoms with Crippen molar-refractivity contribution in [3.63, 3.8) is 0 Å². The number of hydrogen-bond donors (Lipinski definition) is 1. The molecule has 2 heterocycles. The lowest BCUT2D eigenvalue weighted by molar-refractivity contribution is 0.0697. The highest BCUT2D eigenvalue weighted by atomic mass is 35.5. The van der Waals surface area contributed by atoms with Crippen LogP contribution in [0.25, 0.3) is 44.4 Å². The lowest BCUT2D eigenvalue weighted by Crippen LogP contribution is -2.14. The van der Waals surface area contributed by atoms with E-state index in [2.05, 4.69) is 0 Å². The summed E-state index contributed by atoms with van der Waals surface area (Å²) in [4.78, 5) is 11.0. The first-order valence-corrected chi connectivity index (χ1v) is 15.9. The number of carboxylic acids is 1. The number of benzene rings is 4. The van der Waals surface area contributed by atoms with E-state index >= 15 is 0 Å². The molecule has 5 nitrogen and oxygen atoms in total. The van der Waals surface area contributed by atoms with Crippen LogP contribution in [0.5, 0.6) is 0 Å². The minimum Gasteiger partial charge on any atom is -0.478 e. The molecule has 0 aliphatic rings. The average Bonchev–Trinajstić information content (AvgIpc) is 3.60. The molecule has 0 atom stereocenters. The molecule has 12 heteroatoms. The van der Waals surface area contributed by atoms with Crippen molar-refractivity contribution in [1.82, 2.24) is 3.97 Å². The maximum Gasteiger partial charge on any atom is 0.335 e. The number of aromatic carboxylic acids is 1. The molecule has 2 aromatic heterocycles. The van der Waals surface area contributed by atoms with Gasteiger partial charge in [0.15, 0.2) is 0 Å². The van der Waals surface area contributed by atoms with Crippen molar-refractivity contribution in [1.29, 1.82) is 0 Å². The Balaban J connectivity index is 1.72.